The molecule has 0 rings (SSSR count). The Morgan fingerprint density at radius 3 is 1.70 bits per heavy atom. The summed E-state index contributed by atoms with van der Waals surface area (Å²) in [5, 5.41) is 0. The smallest absolute Gasteiger partial charge is 0.335 e. The fourth-order valence-corrected chi connectivity index (χ4v) is 1.23. The second-order valence-corrected chi connectivity index (χ2v) is 4.06. The van der Waals surface area contributed by atoms with E-state index in [-0.39, 0.29) is 41.5 Å². The van der Waals surface area contributed by atoms with Crippen molar-refractivity contribution in [1.82, 2.24) is 0 Å². The van der Waals surface area contributed by atoms with Gasteiger partial charge in [-0.3, -0.25) is 9.68 Å². The number of Topliss-reactive ketones (excluding diaryl/α,β-unsaturated/α-hetero) is 1. The molecule has 0 saturated heterocycles. The summed E-state index contributed by atoms with van der Waals surface area (Å²) in [6.45, 7) is 7.51. The molecule has 0 amide bonds. The topological polar surface area (TPSA) is 71.1 Å². The van der Waals surface area contributed by atoms with Crippen molar-refractivity contribution in [3.8, 4) is 0 Å². The average molecular weight is 324 g/mol. The monoisotopic (exact) mass is 324 g/mol. The molecule has 0 unspecified atom stereocenters. The maximum absolute atomic E-state index is 12.0. The summed E-state index contributed by atoms with van der Waals surface area (Å²) in [5.41, 5.74) is 0. The molecular formula is C13H24O6Ti. The van der Waals surface area contributed by atoms with E-state index >= 15 is 0 Å². The van der Waals surface area contributed by atoms with E-state index in [0.29, 0.717) is 19.3 Å². The van der Waals surface area contributed by atoms with Gasteiger partial charge in [0.05, 0.1) is 19.8 Å². The minimum absolute atomic E-state index is 0. The van der Waals surface area contributed by atoms with Crippen LogP contribution in [0.1, 0.15) is 47.0 Å². The number of ether oxygens (including phenoxy) is 2. The zero-order chi connectivity index (χ0) is 14.7. The Kier molecular flexibility index (Phi) is 13.7. The molecule has 0 spiro atoms. The molecule has 0 atom stereocenters. The first-order chi connectivity index (χ1) is 9.05. The van der Waals surface area contributed by atoms with Gasteiger partial charge < -0.3 is 9.47 Å². The Morgan fingerprint density at radius 2 is 1.35 bits per heavy atom. The van der Waals surface area contributed by atoms with Crippen LogP contribution in [0.3, 0.4) is 0 Å². The first-order valence-electron chi connectivity index (χ1n) is 6.67. The Labute approximate surface area is 135 Å². The van der Waals surface area contributed by atoms with Crippen LogP contribution in [0.5, 0.6) is 0 Å². The van der Waals surface area contributed by atoms with Crippen LogP contribution in [0.2, 0.25) is 0 Å². The number of hydrogen-bond donors (Lipinski definition) is 0. The van der Waals surface area contributed by atoms with Gasteiger partial charge in [-0.15, -0.1) is 0 Å². The molecule has 0 aliphatic carbocycles. The normalized spacial score (nSPS) is 10.8. The van der Waals surface area contributed by atoms with Gasteiger partial charge in [-0.1, -0.05) is 20.8 Å². The van der Waals surface area contributed by atoms with Crippen LogP contribution in [0.4, 0.5) is 0 Å². The van der Waals surface area contributed by atoms with Gasteiger partial charge in [0.25, 0.3) is 0 Å². The Morgan fingerprint density at radius 1 is 0.900 bits per heavy atom. The molecule has 0 fully saturated rings. The molecule has 6 nitrogen and oxygen atoms in total. The van der Waals surface area contributed by atoms with Gasteiger partial charge in [0, 0.05) is 28.6 Å². The van der Waals surface area contributed by atoms with Crippen LogP contribution < -0.4 is 0 Å². The first kappa shape index (κ1) is 22.0. The summed E-state index contributed by atoms with van der Waals surface area (Å²) < 4.78 is 10.6. The number of carbonyl (C=O) groups excluding carboxylic acids is 2. The molecule has 0 heterocycles. The van der Waals surface area contributed by atoms with E-state index < -0.39 is 17.5 Å². The van der Waals surface area contributed by atoms with Gasteiger partial charge in [-0.25, -0.2) is 4.79 Å². The number of carbonyl (C=O) groups is 2. The third kappa shape index (κ3) is 6.95. The molecular weight excluding hydrogens is 300 g/mol. The van der Waals surface area contributed by atoms with Crippen molar-refractivity contribution < 1.29 is 50.6 Å². The van der Waals surface area contributed by atoms with Crippen molar-refractivity contribution in [3.05, 3.63) is 0 Å². The van der Waals surface area contributed by atoms with E-state index in [9.17, 15) is 9.59 Å². The fraction of sp³-hybridized carbons (Fsp3) is 0.846. The van der Waals surface area contributed by atoms with Gasteiger partial charge in [0.15, 0.2) is 0 Å². The summed E-state index contributed by atoms with van der Waals surface area (Å²) in [7, 11) is 0. The van der Waals surface area contributed by atoms with Crippen LogP contribution in [-0.4, -0.2) is 37.4 Å². The van der Waals surface area contributed by atoms with Crippen LogP contribution in [-0.2, 0) is 50.6 Å². The van der Waals surface area contributed by atoms with Crippen LogP contribution in [0, 0.1) is 0 Å². The summed E-state index contributed by atoms with van der Waals surface area (Å²) in [4.78, 5) is 33.0. The van der Waals surface area contributed by atoms with E-state index in [0.717, 1.165) is 0 Å². The summed E-state index contributed by atoms with van der Waals surface area (Å²) in [5.74, 6) is -3.53. The molecule has 116 valence electrons. The zero-order valence-corrected chi connectivity index (χ0v) is 14.3. The third-order valence-electron chi connectivity index (χ3n) is 2.17. The van der Waals surface area contributed by atoms with Crippen LogP contribution >= 0.6 is 0 Å². The maximum atomic E-state index is 12.0. The fourth-order valence-electron chi connectivity index (χ4n) is 1.23. The van der Waals surface area contributed by atoms with Gasteiger partial charge in [-0.05, 0) is 19.3 Å². The summed E-state index contributed by atoms with van der Waals surface area (Å²) in [6.07, 6.45) is 1.98. The summed E-state index contributed by atoms with van der Waals surface area (Å²) in [6, 6.07) is 0. The van der Waals surface area contributed by atoms with Crippen LogP contribution in [0.25, 0.3) is 0 Å². The minimum Gasteiger partial charge on any atom is -0.335 e. The molecule has 0 aromatic carbocycles. The van der Waals surface area contributed by atoms with Gasteiger partial charge in [-0.2, -0.15) is 4.89 Å². The minimum atomic E-state index is -2.01. The summed E-state index contributed by atoms with van der Waals surface area (Å²) >= 11 is 0. The van der Waals surface area contributed by atoms with Gasteiger partial charge in [0.1, 0.15) is 0 Å². The molecule has 0 aliphatic rings. The van der Waals surface area contributed by atoms with E-state index in [2.05, 4.69) is 4.89 Å². The van der Waals surface area contributed by atoms with E-state index in [1.54, 1.807) is 0 Å². The van der Waals surface area contributed by atoms with Crippen molar-refractivity contribution in [1.29, 1.82) is 0 Å². The Hall–Kier alpha value is -0.266. The molecule has 0 N–H and O–H groups in total. The second kappa shape index (κ2) is 12.5. The van der Waals surface area contributed by atoms with Gasteiger partial charge in [0.2, 0.25) is 5.78 Å². The molecule has 20 heavy (non-hydrogen) atoms. The number of rotatable bonds is 11. The average Bonchev–Trinajstić information content (AvgIpc) is 2.39. The molecule has 0 aromatic heterocycles. The predicted octanol–water partition coefficient (Wildman–Crippen LogP) is 2.01. The van der Waals surface area contributed by atoms with Crippen molar-refractivity contribution in [2.75, 3.05) is 19.8 Å². The quantitative estimate of drug-likeness (QED) is 0.145. The van der Waals surface area contributed by atoms with Crippen LogP contribution in [0.15, 0.2) is 0 Å². The second-order valence-electron chi connectivity index (χ2n) is 4.06. The first-order valence-corrected chi connectivity index (χ1v) is 6.67. The van der Waals surface area contributed by atoms with Crippen molar-refractivity contribution in [2.24, 2.45) is 0 Å². The SMILES string of the molecule is CCCOOC(=O)C(OCCC)(OCCC)C(C)=O.[Ti]. The third-order valence-corrected chi connectivity index (χ3v) is 2.17. The van der Waals surface area contributed by atoms with Crippen molar-refractivity contribution in [2.45, 2.75) is 52.7 Å². The molecule has 0 saturated carbocycles. The van der Waals surface area contributed by atoms with Crippen molar-refractivity contribution >= 4 is 11.8 Å². The van der Waals surface area contributed by atoms with Gasteiger partial charge >= 0.3 is 11.8 Å². The van der Waals surface area contributed by atoms with E-state index in [1.165, 1.54) is 6.92 Å². The zero-order valence-electron chi connectivity index (χ0n) is 12.7. The van der Waals surface area contributed by atoms with E-state index in [4.69, 9.17) is 14.4 Å². The predicted molar refractivity (Wildman–Crippen MR) is 68.2 cm³/mol. The van der Waals surface area contributed by atoms with E-state index in [1.807, 2.05) is 20.8 Å². The van der Waals surface area contributed by atoms with Crippen molar-refractivity contribution in [3.63, 3.8) is 0 Å². The standard InChI is InChI=1S/C13H24O6.Ti/c1-5-8-16-13(11(4)14,17-9-6-2)12(15)19-18-10-7-3;/h5-10H2,1-4H3;. The number of ketones is 1. The Bertz CT molecular complexity index is 274. The largest absolute Gasteiger partial charge is 0.409 e. The molecule has 0 aliphatic heterocycles. The molecule has 0 radical (unpaired) electrons. The molecule has 7 heteroatoms. The Balaban J connectivity index is 0. The maximum Gasteiger partial charge on any atom is 0.409 e. The molecule has 0 bridgehead atoms. The molecule has 0 aromatic rings. The number of hydrogen-bond acceptors (Lipinski definition) is 6.